The van der Waals surface area contributed by atoms with Crippen LogP contribution in [-0.2, 0) is 27.4 Å². The molecule has 1 saturated heterocycles. The fourth-order valence-electron chi connectivity index (χ4n) is 3.65. The molecule has 3 heterocycles. The average molecular weight is 647 g/mol. The SMILES string of the molecule is CC([O-])=NC1=C(CP(=O)(O)OP(=O)(O)OC[C@H]2O[C@@H](n3ccc([O-])nc3=O)[C@H](O)[C@@H]2O)O[C@H](CO)[C@@H](O)[C@@H]1O.[Na+].[Na+]. The summed E-state index contributed by atoms with van der Waals surface area (Å²) in [4.78, 5) is 38.6. The molecule has 1 fully saturated rings. The van der Waals surface area contributed by atoms with Gasteiger partial charge in [-0.1, -0.05) is 0 Å². The first-order valence-electron chi connectivity index (χ1n) is 10.9. The predicted octanol–water partition coefficient (Wildman–Crippen LogP) is -10.6. The molecule has 0 amide bonds. The third-order valence-electron chi connectivity index (χ3n) is 5.41. The maximum atomic E-state index is 12.6. The van der Waals surface area contributed by atoms with E-state index in [1.54, 1.807) is 0 Å². The Morgan fingerprint density at radius 1 is 1.15 bits per heavy atom. The molecule has 0 aliphatic carbocycles. The van der Waals surface area contributed by atoms with Crippen LogP contribution in [0.3, 0.4) is 0 Å². The largest absolute Gasteiger partial charge is 1.00 e. The first-order valence-corrected chi connectivity index (χ1v) is 14.2. The van der Waals surface area contributed by atoms with Gasteiger partial charge < -0.3 is 55.0 Å². The third-order valence-corrected chi connectivity index (χ3v) is 8.42. The molecule has 7 N–H and O–H groups in total. The minimum absolute atomic E-state index is 0. The van der Waals surface area contributed by atoms with Crippen LogP contribution in [0, 0.1) is 0 Å². The Morgan fingerprint density at radius 2 is 1.78 bits per heavy atom. The van der Waals surface area contributed by atoms with Gasteiger partial charge in [-0.3, -0.25) is 18.6 Å². The molecule has 2 unspecified atom stereocenters. The summed E-state index contributed by atoms with van der Waals surface area (Å²) in [5.41, 5.74) is -1.79. The second kappa shape index (κ2) is 15.7. The summed E-state index contributed by atoms with van der Waals surface area (Å²) < 4.78 is 45.0. The van der Waals surface area contributed by atoms with Crippen LogP contribution in [0.15, 0.2) is 33.5 Å². The second-order valence-electron chi connectivity index (χ2n) is 8.36. The van der Waals surface area contributed by atoms with Crippen LogP contribution < -0.4 is 75.0 Å². The standard InChI is InChI=1S/C18H27N3O16P2.2Na/c1-7(23)19-12-10(35-8(4-22)13(25)15(12)27)6-38(30,31)37-39(32,33)34-5-9-14(26)16(28)17(36-9)21-3-2-11(24)20-18(21)29;;/h2-3,8-9,13-17,22,25-28H,4-6H2,1H3,(H,19,23)(H,30,31)(H,32,33)(H,20,24,29);;/q;2*+1/p-2/t8-,9-,13-,14-,15-,16-,17-;;/m1../s1. The Hall–Kier alpha value is -0.250. The molecule has 41 heavy (non-hydrogen) atoms. The van der Waals surface area contributed by atoms with E-state index < -0.39 is 107 Å². The molecule has 0 radical (unpaired) electrons. The number of hydrogen-bond donors (Lipinski definition) is 7. The fraction of sp³-hybridized carbons (Fsp3) is 0.611. The van der Waals surface area contributed by atoms with Gasteiger partial charge in [0.25, 0.3) is 0 Å². The Balaban J connectivity index is 0.00000420. The van der Waals surface area contributed by atoms with Crippen LogP contribution >= 0.6 is 15.4 Å². The summed E-state index contributed by atoms with van der Waals surface area (Å²) in [7, 11) is -10.6. The van der Waals surface area contributed by atoms with E-state index in [0.717, 1.165) is 19.2 Å². The van der Waals surface area contributed by atoms with Crippen molar-refractivity contribution in [1.82, 2.24) is 9.55 Å². The Kier molecular flexibility index (Phi) is 14.8. The van der Waals surface area contributed by atoms with Crippen LogP contribution in [0.4, 0.5) is 0 Å². The van der Waals surface area contributed by atoms with Gasteiger partial charge in [-0.2, -0.15) is 0 Å². The van der Waals surface area contributed by atoms with Crippen molar-refractivity contribution in [2.24, 2.45) is 4.99 Å². The second-order valence-corrected chi connectivity index (χ2v) is 11.8. The summed E-state index contributed by atoms with van der Waals surface area (Å²) in [6.45, 7) is -0.918. The zero-order chi connectivity index (χ0) is 29.3. The molecule has 2 aliphatic rings. The number of aliphatic hydroxyl groups excluding tert-OH is 5. The van der Waals surface area contributed by atoms with E-state index in [0.29, 0.717) is 4.57 Å². The number of phosphoric acid groups is 1. The van der Waals surface area contributed by atoms with E-state index in [2.05, 4.69) is 18.8 Å². The van der Waals surface area contributed by atoms with Gasteiger partial charge in [0.1, 0.15) is 54.2 Å². The Bertz CT molecular complexity index is 1280. The van der Waals surface area contributed by atoms with Crippen LogP contribution in [0.5, 0.6) is 5.88 Å². The van der Waals surface area contributed by atoms with Gasteiger partial charge in [0.05, 0.1) is 13.2 Å². The molecule has 0 aromatic carbocycles. The van der Waals surface area contributed by atoms with Crippen molar-refractivity contribution in [3.63, 3.8) is 0 Å². The maximum Gasteiger partial charge on any atom is 1.00 e. The van der Waals surface area contributed by atoms with Crippen molar-refractivity contribution < 1.29 is 132 Å². The predicted molar refractivity (Wildman–Crippen MR) is 120 cm³/mol. The molecule has 2 aliphatic heterocycles. The molecule has 0 bridgehead atoms. The zero-order valence-electron chi connectivity index (χ0n) is 21.9. The quantitative estimate of drug-likeness (QED) is 0.0536. The van der Waals surface area contributed by atoms with Crippen molar-refractivity contribution in [2.45, 2.75) is 49.8 Å². The van der Waals surface area contributed by atoms with Gasteiger partial charge >= 0.3 is 80.2 Å². The Morgan fingerprint density at radius 3 is 2.34 bits per heavy atom. The smallest absolute Gasteiger partial charge is 0.862 e. The van der Waals surface area contributed by atoms with Crippen LogP contribution in [-0.4, -0.2) is 107 Å². The van der Waals surface area contributed by atoms with Crippen LogP contribution in [0.1, 0.15) is 13.2 Å². The topological polar surface area (TPSA) is 306 Å². The van der Waals surface area contributed by atoms with E-state index in [1.165, 1.54) is 0 Å². The van der Waals surface area contributed by atoms with Crippen molar-refractivity contribution >= 4 is 21.3 Å². The number of aliphatic imine (C=N–C) groups is 1. The molecule has 1 aromatic heterocycles. The van der Waals surface area contributed by atoms with E-state index in [4.69, 9.17) is 9.47 Å². The van der Waals surface area contributed by atoms with Crippen LogP contribution in [0.25, 0.3) is 0 Å². The molecular weight excluding hydrogens is 622 g/mol. The number of rotatable bonds is 10. The molecule has 19 nitrogen and oxygen atoms in total. The number of aliphatic hydroxyl groups is 5. The van der Waals surface area contributed by atoms with Crippen LogP contribution in [0.2, 0.25) is 0 Å². The minimum Gasteiger partial charge on any atom is -0.862 e. The summed E-state index contributed by atoms with van der Waals surface area (Å²) in [6.07, 6.45) is -12.3. The first kappa shape index (κ1) is 38.8. The monoisotopic (exact) mass is 647 g/mol. The van der Waals surface area contributed by atoms with E-state index in [1.807, 2.05) is 0 Å². The third kappa shape index (κ3) is 9.87. The van der Waals surface area contributed by atoms with E-state index in [9.17, 15) is 59.5 Å². The fourth-order valence-corrected chi connectivity index (χ4v) is 6.30. The van der Waals surface area contributed by atoms with Gasteiger partial charge in [-0.25, -0.2) is 18.7 Å². The van der Waals surface area contributed by atoms with E-state index >= 15 is 0 Å². The molecule has 9 atom stereocenters. The van der Waals surface area contributed by atoms with Gasteiger partial charge in [-0.05, 0) is 24.8 Å². The minimum atomic E-state index is -5.43. The summed E-state index contributed by atoms with van der Waals surface area (Å²) in [5.74, 6) is -2.47. The number of phosphoric ester groups is 1. The van der Waals surface area contributed by atoms with Gasteiger partial charge in [0.2, 0.25) is 0 Å². The zero-order valence-corrected chi connectivity index (χ0v) is 27.6. The van der Waals surface area contributed by atoms with Gasteiger partial charge in [0, 0.05) is 6.20 Å². The normalized spacial score (nSPS) is 31.3. The summed E-state index contributed by atoms with van der Waals surface area (Å²) in [5, 5.41) is 72.4. The maximum absolute atomic E-state index is 12.6. The summed E-state index contributed by atoms with van der Waals surface area (Å²) in [6, 6.07) is 0.880. The van der Waals surface area contributed by atoms with Crippen molar-refractivity contribution in [2.75, 3.05) is 19.4 Å². The molecule has 0 saturated carbocycles. The number of aromatic nitrogens is 2. The molecule has 3 rings (SSSR count). The number of hydrogen-bond acceptors (Lipinski definition) is 16. The van der Waals surface area contributed by atoms with Crippen molar-refractivity contribution in [1.29, 1.82) is 0 Å². The summed E-state index contributed by atoms with van der Waals surface area (Å²) >= 11 is 0. The number of ether oxygens (including phenoxy) is 2. The molecule has 220 valence electrons. The van der Waals surface area contributed by atoms with Gasteiger partial charge in [-0.15, -0.1) is 0 Å². The van der Waals surface area contributed by atoms with Gasteiger partial charge in [0.15, 0.2) is 6.23 Å². The van der Waals surface area contributed by atoms with Crippen molar-refractivity contribution in [3.8, 4) is 5.88 Å². The molecule has 23 heteroatoms. The average Bonchev–Trinajstić information content (AvgIpc) is 3.10. The van der Waals surface area contributed by atoms with Crippen molar-refractivity contribution in [3.05, 3.63) is 34.2 Å². The number of allylic oxidation sites excluding steroid dienone is 1. The molecule has 0 spiro atoms. The molecular formula is C18H25N3Na2O16P2. The Labute approximate surface area is 275 Å². The van der Waals surface area contributed by atoms with E-state index in [-0.39, 0.29) is 59.1 Å². The number of nitrogens with zero attached hydrogens (tertiary/aromatic N) is 3. The first-order chi connectivity index (χ1) is 18.0. The molecule has 1 aromatic rings.